The Morgan fingerprint density at radius 3 is 2.53 bits per heavy atom. The molecule has 7 nitrogen and oxygen atoms in total. The van der Waals surface area contributed by atoms with Crippen molar-refractivity contribution in [3.8, 4) is 22.8 Å². The second-order valence-electron chi connectivity index (χ2n) is 6.71. The lowest BCUT2D eigenvalue weighted by Gasteiger charge is -2.06. The molecule has 0 saturated heterocycles. The molecule has 0 fully saturated rings. The fourth-order valence-electron chi connectivity index (χ4n) is 3.05. The molecule has 0 aliphatic heterocycles. The quantitative estimate of drug-likeness (QED) is 0.454. The normalized spacial score (nSPS) is 10.9. The molecule has 1 amide bonds. The van der Waals surface area contributed by atoms with Gasteiger partial charge in [-0.2, -0.15) is 4.98 Å². The standard InChI is InChI=1S/C22H22N4O3S/c1-3-4-15-5-9-18(10-6-15)29-13-20(27)23-21-24-22-26(25-21)19(14-30-22)16-7-11-17(28-2)12-8-16/h5-12,14H,3-4,13H2,1-2H3,(H,23,25,27). The summed E-state index contributed by atoms with van der Waals surface area (Å²) in [7, 11) is 1.63. The third-order valence-corrected chi connectivity index (χ3v) is 5.37. The lowest BCUT2D eigenvalue weighted by molar-refractivity contribution is -0.118. The number of fused-ring (bicyclic) bond motifs is 1. The molecule has 0 bridgehead atoms. The Bertz CT molecular complexity index is 1130. The van der Waals surface area contributed by atoms with Crippen LogP contribution in [0.25, 0.3) is 16.2 Å². The number of nitrogens with one attached hydrogen (secondary N) is 1. The van der Waals surface area contributed by atoms with Crippen LogP contribution in [0.3, 0.4) is 0 Å². The summed E-state index contributed by atoms with van der Waals surface area (Å²) in [6.45, 7) is 2.04. The minimum Gasteiger partial charge on any atom is -0.497 e. The third-order valence-electron chi connectivity index (χ3n) is 4.55. The van der Waals surface area contributed by atoms with E-state index in [1.165, 1.54) is 16.9 Å². The van der Waals surface area contributed by atoms with Crippen molar-refractivity contribution in [1.82, 2.24) is 14.6 Å². The van der Waals surface area contributed by atoms with Crippen LogP contribution in [0.5, 0.6) is 11.5 Å². The number of carbonyl (C=O) groups excluding carboxylic acids is 1. The lowest BCUT2D eigenvalue weighted by atomic mass is 10.1. The molecule has 4 aromatic rings. The molecule has 154 valence electrons. The second kappa shape index (κ2) is 8.96. The molecule has 0 saturated carbocycles. The molecule has 8 heteroatoms. The Balaban J connectivity index is 1.40. The number of carbonyl (C=O) groups is 1. The first-order valence-electron chi connectivity index (χ1n) is 9.66. The average Bonchev–Trinajstić information content (AvgIpc) is 3.34. The SMILES string of the molecule is CCCc1ccc(OCC(=O)Nc2nc3scc(-c4ccc(OC)cc4)n3n2)cc1. The number of anilines is 1. The summed E-state index contributed by atoms with van der Waals surface area (Å²) in [6.07, 6.45) is 2.13. The fourth-order valence-corrected chi connectivity index (χ4v) is 3.88. The second-order valence-corrected chi connectivity index (χ2v) is 7.55. The first-order chi connectivity index (χ1) is 14.7. The maximum absolute atomic E-state index is 12.2. The van der Waals surface area contributed by atoms with Crippen molar-refractivity contribution in [1.29, 1.82) is 0 Å². The Morgan fingerprint density at radius 1 is 1.10 bits per heavy atom. The maximum atomic E-state index is 12.2. The smallest absolute Gasteiger partial charge is 0.264 e. The van der Waals surface area contributed by atoms with Crippen molar-refractivity contribution < 1.29 is 14.3 Å². The van der Waals surface area contributed by atoms with Gasteiger partial charge in [-0.05, 0) is 48.4 Å². The third kappa shape index (κ3) is 4.44. The van der Waals surface area contributed by atoms with E-state index in [1.54, 1.807) is 11.6 Å². The van der Waals surface area contributed by atoms with E-state index < -0.39 is 0 Å². The zero-order valence-corrected chi connectivity index (χ0v) is 17.6. The summed E-state index contributed by atoms with van der Waals surface area (Å²) in [5, 5.41) is 9.09. The zero-order valence-electron chi connectivity index (χ0n) is 16.8. The van der Waals surface area contributed by atoms with Crippen LogP contribution in [-0.2, 0) is 11.2 Å². The van der Waals surface area contributed by atoms with Crippen molar-refractivity contribution in [3.05, 3.63) is 59.5 Å². The lowest BCUT2D eigenvalue weighted by Crippen LogP contribution is -2.21. The van der Waals surface area contributed by atoms with Gasteiger partial charge in [0.15, 0.2) is 6.61 Å². The monoisotopic (exact) mass is 422 g/mol. The molecule has 0 spiro atoms. The molecule has 0 aliphatic rings. The molecule has 1 N–H and O–H groups in total. The van der Waals surface area contributed by atoms with Crippen molar-refractivity contribution in [2.75, 3.05) is 19.0 Å². The van der Waals surface area contributed by atoms with E-state index in [1.807, 2.05) is 53.9 Å². The molecule has 0 atom stereocenters. The Kier molecular flexibility index (Phi) is 5.94. The minimum absolute atomic E-state index is 0.106. The minimum atomic E-state index is -0.308. The highest BCUT2D eigenvalue weighted by molar-refractivity contribution is 7.15. The van der Waals surface area contributed by atoms with Crippen LogP contribution < -0.4 is 14.8 Å². The van der Waals surface area contributed by atoms with E-state index in [0.717, 1.165) is 29.8 Å². The number of hydrogen-bond acceptors (Lipinski definition) is 6. The van der Waals surface area contributed by atoms with E-state index in [-0.39, 0.29) is 18.5 Å². The molecule has 0 aliphatic carbocycles. The van der Waals surface area contributed by atoms with E-state index >= 15 is 0 Å². The average molecular weight is 423 g/mol. The number of benzene rings is 2. The number of hydrogen-bond donors (Lipinski definition) is 1. The summed E-state index contributed by atoms with van der Waals surface area (Å²) in [5.41, 5.74) is 3.14. The highest BCUT2D eigenvalue weighted by Gasteiger charge is 2.14. The highest BCUT2D eigenvalue weighted by atomic mass is 32.1. The molecular formula is C22H22N4O3S. The van der Waals surface area contributed by atoms with Crippen molar-refractivity contribution in [2.45, 2.75) is 19.8 Å². The summed E-state index contributed by atoms with van der Waals surface area (Å²) in [6, 6.07) is 15.5. The number of ether oxygens (including phenoxy) is 2. The first-order valence-corrected chi connectivity index (χ1v) is 10.5. The van der Waals surface area contributed by atoms with E-state index in [2.05, 4.69) is 22.3 Å². The van der Waals surface area contributed by atoms with Gasteiger partial charge in [-0.3, -0.25) is 10.1 Å². The molecule has 2 aromatic carbocycles. The maximum Gasteiger partial charge on any atom is 0.264 e. The number of methoxy groups -OCH3 is 1. The van der Waals surface area contributed by atoms with Gasteiger partial charge in [0.25, 0.3) is 11.9 Å². The highest BCUT2D eigenvalue weighted by Crippen LogP contribution is 2.27. The van der Waals surface area contributed by atoms with E-state index in [4.69, 9.17) is 9.47 Å². The first kappa shape index (κ1) is 19.9. The Morgan fingerprint density at radius 2 is 1.83 bits per heavy atom. The summed E-state index contributed by atoms with van der Waals surface area (Å²) in [4.78, 5) is 17.3. The van der Waals surface area contributed by atoms with Gasteiger partial charge in [0, 0.05) is 10.9 Å². The van der Waals surface area contributed by atoms with Gasteiger partial charge >= 0.3 is 0 Å². The van der Waals surface area contributed by atoms with Gasteiger partial charge in [-0.15, -0.1) is 16.4 Å². The van der Waals surface area contributed by atoms with Crippen LogP contribution in [0.2, 0.25) is 0 Å². The Hall–Kier alpha value is -3.39. The summed E-state index contributed by atoms with van der Waals surface area (Å²) >= 11 is 1.46. The van der Waals surface area contributed by atoms with Crippen LogP contribution >= 0.6 is 11.3 Å². The summed E-state index contributed by atoms with van der Waals surface area (Å²) < 4.78 is 12.5. The van der Waals surface area contributed by atoms with Gasteiger partial charge < -0.3 is 9.47 Å². The fraction of sp³-hybridized carbons (Fsp3) is 0.227. The predicted octanol–water partition coefficient (Wildman–Crippen LogP) is 4.44. The number of aryl methyl sites for hydroxylation is 1. The van der Waals surface area contributed by atoms with Crippen molar-refractivity contribution >= 4 is 28.2 Å². The van der Waals surface area contributed by atoms with Crippen LogP contribution in [0.1, 0.15) is 18.9 Å². The summed E-state index contributed by atoms with van der Waals surface area (Å²) in [5.74, 6) is 1.39. The van der Waals surface area contributed by atoms with Gasteiger partial charge in [0.05, 0.1) is 12.8 Å². The Labute approximate surface area is 178 Å². The molecular weight excluding hydrogens is 400 g/mol. The van der Waals surface area contributed by atoms with Gasteiger partial charge in [-0.1, -0.05) is 25.5 Å². The molecule has 30 heavy (non-hydrogen) atoms. The van der Waals surface area contributed by atoms with Crippen LogP contribution in [0, 0.1) is 0 Å². The number of thiazole rings is 1. The molecule has 2 heterocycles. The molecule has 0 radical (unpaired) electrons. The van der Waals surface area contributed by atoms with Crippen LogP contribution in [0.4, 0.5) is 5.95 Å². The molecule has 2 aromatic heterocycles. The number of aromatic nitrogens is 3. The van der Waals surface area contributed by atoms with E-state index in [0.29, 0.717) is 10.7 Å². The number of rotatable bonds is 8. The van der Waals surface area contributed by atoms with Crippen molar-refractivity contribution in [2.24, 2.45) is 0 Å². The van der Waals surface area contributed by atoms with Gasteiger partial charge in [-0.25, -0.2) is 4.52 Å². The molecule has 4 rings (SSSR count). The van der Waals surface area contributed by atoms with E-state index in [9.17, 15) is 4.79 Å². The van der Waals surface area contributed by atoms with Gasteiger partial charge in [0.1, 0.15) is 11.5 Å². The predicted molar refractivity (Wildman–Crippen MR) is 117 cm³/mol. The van der Waals surface area contributed by atoms with Crippen LogP contribution in [0.15, 0.2) is 53.9 Å². The zero-order chi connectivity index (χ0) is 20.9. The number of amides is 1. The van der Waals surface area contributed by atoms with Crippen LogP contribution in [-0.4, -0.2) is 34.2 Å². The van der Waals surface area contributed by atoms with Gasteiger partial charge in [0.2, 0.25) is 4.96 Å². The molecule has 0 unspecified atom stereocenters. The topological polar surface area (TPSA) is 77.8 Å². The van der Waals surface area contributed by atoms with Crippen molar-refractivity contribution in [3.63, 3.8) is 0 Å². The number of nitrogens with zero attached hydrogens (tertiary/aromatic N) is 3. The largest absolute Gasteiger partial charge is 0.497 e.